The standard InChI is InChI=1S/C21H29NO/c1-19(13-22)10-7-16-18-15(8-11-21(16,19)3)20(2)9-5-4-6-14(20)12-17(18)23/h12,15-16,18H,4-11H2,1-3H3. The molecule has 4 rings (SSSR count). The highest BCUT2D eigenvalue weighted by Crippen LogP contribution is 2.68. The van der Waals surface area contributed by atoms with Crippen LogP contribution < -0.4 is 0 Å². The highest BCUT2D eigenvalue weighted by molar-refractivity contribution is 5.94. The first kappa shape index (κ1) is 15.4. The Bertz CT molecular complexity index is 628. The second kappa shape index (κ2) is 4.71. The lowest BCUT2D eigenvalue weighted by Crippen LogP contribution is -2.53. The van der Waals surface area contributed by atoms with Gasteiger partial charge in [0, 0.05) is 5.92 Å². The molecule has 3 saturated carbocycles. The van der Waals surface area contributed by atoms with Crippen LogP contribution in [0.4, 0.5) is 0 Å². The summed E-state index contributed by atoms with van der Waals surface area (Å²) < 4.78 is 0. The minimum Gasteiger partial charge on any atom is -0.295 e. The summed E-state index contributed by atoms with van der Waals surface area (Å²) in [6, 6.07) is 2.63. The summed E-state index contributed by atoms with van der Waals surface area (Å²) in [5.74, 6) is 1.50. The van der Waals surface area contributed by atoms with Crippen molar-refractivity contribution >= 4 is 5.78 Å². The highest BCUT2D eigenvalue weighted by Gasteiger charge is 2.64. The van der Waals surface area contributed by atoms with Gasteiger partial charge in [0.1, 0.15) is 0 Å². The van der Waals surface area contributed by atoms with Crippen LogP contribution in [0.15, 0.2) is 11.6 Å². The van der Waals surface area contributed by atoms with E-state index in [1.807, 2.05) is 6.08 Å². The summed E-state index contributed by atoms with van der Waals surface area (Å²) in [6.07, 6.45) is 11.3. The third kappa shape index (κ3) is 1.77. The van der Waals surface area contributed by atoms with E-state index >= 15 is 0 Å². The maximum atomic E-state index is 13.1. The van der Waals surface area contributed by atoms with Crippen molar-refractivity contribution < 1.29 is 4.79 Å². The normalized spacial score (nSPS) is 52.0. The van der Waals surface area contributed by atoms with Crippen molar-refractivity contribution in [2.24, 2.45) is 34.0 Å². The number of hydrogen-bond donors (Lipinski definition) is 0. The van der Waals surface area contributed by atoms with Crippen molar-refractivity contribution in [1.29, 1.82) is 5.26 Å². The van der Waals surface area contributed by atoms with Crippen molar-refractivity contribution in [2.75, 3.05) is 0 Å². The molecule has 0 aliphatic heterocycles. The fraction of sp³-hybridized carbons (Fsp3) is 0.810. The van der Waals surface area contributed by atoms with Gasteiger partial charge in [-0.05, 0) is 80.6 Å². The molecule has 2 nitrogen and oxygen atoms in total. The second-order valence-electron chi connectivity index (χ2n) is 9.37. The van der Waals surface area contributed by atoms with Gasteiger partial charge in [0.25, 0.3) is 0 Å². The van der Waals surface area contributed by atoms with Crippen molar-refractivity contribution in [3.05, 3.63) is 11.6 Å². The number of ketones is 1. The largest absolute Gasteiger partial charge is 0.295 e. The first-order valence-corrected chi connectivity index (χ1v) is 9.52. The summed E-state index contributed by atoms with van der Waals surface area (Å²) in [5, 5.41) is 9.78. The van der Waals surface area contributed by atoms with Gasteiger partial charge in [0.2, 0.25) is 0 Å². The Labute approximate surface area is 140 Å². The van der Waals surface area contributed by atoms with Crippen LogP contribution in [-0.4, -0.2) is 5.78 Å². The zero-order chi connectivity index (χ0) is 16.5. The first-order chi connectivity index (χ1) is 10.9. The molecule has 0 aromatic heterocycles. The average Bonchev–Trinajstić information content (AvgIpc) is 2.80. The Morgan fingerprint density at radius 3 is 2.57 bits per heavy atom. The lowest BCUT2D eigenvalue weighted by atomic mass is 9.46. The molecule has 4 aliphatic carbocycles. The van der Waals surface area contributed by atoms with E-state index in [4.69, 9.17) is 0 Å². The topological polar surface area (TPSA) is 40.9 Å². The molecule has 0 saturated heterocycles. The Kier molecular flexibility index (Phi) is 3.16. The number of nitrogens with zero attached hydrogens (tertiary/aromatic N) is 1. The van der Waals surface area contributed by atoms with Crippen molar-refractivity contribution in [3.8, 4) is 6.07 Å². The highest BCUT2D eigenvalue weighted by atomic mass is 16.1. The van der Waals surface area contributed by atoms with E-state index in [2.05, 4.69) is 26.8 Å². The van der Waals surface area contributed by atoms with Crippen LogP contribution in [0.2, 0.25) is 0 Å². The van der Waals surface area contributed by atoms with Gasteiger partial charge in [-0.1, -0.05) is 25.8 Å². The van der Waals surface area contributed by atoms with E-state index in [0.717, 1.165) is 32.1 Å². The third-order valence-corrected chi connectivity index (χ3v) is 8.71. The number of hydrogen-bond acceptors (Lipinski definition) is 2. The molecule has 0 amide bonds. The summed E-state index contributed by atoms with van der Waals surface area (Å²) >= 11 is 0. The molecule has 4 aliphatic rings. The van der Waals surface area contributed by atoms with Gasteiger partial charge in [-0.15, -0.1) is 0 Å². The minimum atomic E-state index is -0.250. The molecular formula is C21H29NO. The van der Waals surface area contributed by atoms with Crippen LogP contribution in [0.25, 0.3) is 0 Å². The molecular weight excluding hydrogens is 282 g/mol. The number of carbonyl (C=O) groups excluding carboxylic acids is 1. The fourth-order valence-electron chi connectivity index (χ4n) is 6.89. The molecule has 3 fully saturated rings. The minimum absolute atomic E-state index is 0.0228. The maximum absolute atomic E-state index is 13.1. The summed E-state index contributed by atoms with van der Waals surface area (Å²) in [6.45, 7) is 6.88. The van der Waals surface area contributed by atoms with Gasteiger partial charge in [-0.3, -0.25) is 4.79 Å². The Morgan fingerprint density at radius 2 is 1.83 bits per heavy atom. The molecule has 0 spiro atoms. The third-order valence-electron chi connectivity index (χ3n) is 8.71. The fourth-order valence-corrected chi connectivity index (χ4v) is 6.89. The molecule has 0 radical (unpaired) electrons. The van der Waals surface area contributed by atoms with Crippen molar-refractivity contribution in [3.63, 3.8) is 0 Å². The van der Waals surface area contributed by atoms with E-state index in [0.29, 0.717) is 17.6 Å². The zero-order valence-corrected chi connectivity index (χ0v) is 14.8. The Hall–Kier alpha value is -1.10. The van der Waals surface area contributed by atoms with Gasteiger partial charge in [0.05, 0.1) is 11.5 Å². The summed E-state index contributed by atoms with van der Waals surface area (Å²) in [4.78, 5) is 13.1. The van der Waals surface area contributed by atoms with Crippen LogP contribution >= 0.6 is 0 Å². The molecule has 0 bridgehead atoms. The SMILES string of the molecule is CC12CCCCC1=CC(=O)C1C2CCC2(C)C1CCC2(C)C#N. The van der Waals surface area contributed by atoms with Gasteiger partial charge < -0.3 is 0 Å². The predicted molar refractivity (Wildman–Crippen MR) is 90.4 cm³/mol. The lowest BCUT2D eigenvalue weighted by molar-refractivity contribution is -0.134. The van der Waals surface area contributed by atoms with Crippen molar-refractivity contribution in [1.82, 2.24) is 0 Å². The Balaban J connectivity index is 1.78. The van der Waals surface area contributed by atoms with E-state index in [1.165, 1.54) is 24.8 Å². The number of allylic oxidation sites excluding steroid dienone is 2. The van der Waals surface area contributed by atoms with Gasteiger partial charge in [0.15, 0.2) is 5.78 Å². The van der Waals surface area contributed by atoms with E-state index in [-0.39, 0.29) is 22.2 Å². The molecule has 23 heavy (non-hydrogen) atoms. The van der Waals surface area contributed by atoms with Gasteiger partial charge in [-0.2, -0.15) is 5.26 Å². The smallest absolute Gasteiger partial charge is 0.159 e. The molecule has 2 heteroatoms. The predicted octanol–water partition coefficient (Wildman–Crippen LogP) is 5.05. The monoisotopic (exact) mass is 311 g/mol. The quantitative estimate of drug-likeness (QED) is 0.628. The molecule has 0 aromatic rings. The summed E-state index contributed by atoms with van der Waals surface area (Å²) in [7, 11) is 0. The second-order valence-corrected chi connectivity index (χ2v) is 9.37. The van der Waals surface area contributed by atoms with Crippen LogP contribution in [-0.2, 0) is 4.79 Å². The van der Waals surface area contributed by atoms with E-state index in [9.17, 15) is 10.1 Å². The van der Waals surface area contributed by atoms with Crippen LogP contribution in [0.3, 0.4) is 0 Å². The van der Waals surface area contributed by atoms with Crippen LogP contribution in [0.5, 0.6) is 0 Å². The Morgan fingerprint density at radius 1 is 1.09 bits per heavy atom. The molecule has 0 N–H and O–H groups in total. The van der Waals surface area contributed by atoms with Crippen LogP contribution in [0.1, 0.15) is 72.1 Å². The van der Waals surface area contributed by atoms with Gasteiger partial charge in [-0.25, -0.2) is 0 Å². The number of rotatable bonds is 0. The van der Waals surface area contributed by atoms with Crippen LogP contribution in [0, 0.1) is 45.3 Å². The summed E-state index contributed by atoms with van der Waals surface area (Å²) in [5.41, 5.74) is 1.47. The molecule has 6 unspecified atom stereocenters. The number of carbonyl (C=O) groups is 1. The van der Waals surface area contributed by atoms with E-state index < -0.39 is 0 Å². The first-order valence-electron chi connectivity index (χ1n) is 9.52. The molecule has 124 valence electrons. The lowest BCUT2D eigenvalue weighted by Gasteiger charge is -2.57. The van der Waals surface area contributed by atoms with E-state index in [1.54, 1.807) is 0 Å². The van der Waals surface area contributed by atoms with Crippen molar-refractivity contribution in [2.45, 2.75) is 72.1 Å². The number of nitriles is 1. The molecule has 6 atom stereocenters. The maximum Gasteiger partial charge on any atom is 0.159 e. The molecule has 0 aromatic carbocycles. The number of fused-ring (bicyclic) bond motifs is 5. The van der Waals surface area contributed by atoms with Gasteiger partial charge >= 0.3 is 0 Å². The molecule has 0 heterocycles. The zero-order valence-electron chi connectivity index (χ0n) is 14.8. The average molecular weight is 311 g/mol.